The first-order chi connectivity index (χ1) is 3.35. The molecule has 0 radical (unpaired) electrons. The van der Waals surface area contributed by atoms with Crippen molar-refractivity contribution in [2.24, 2.45) is 0 Å². The Labute approximate surface area is 67.2 Å². The predicted molar refractivity (Wildman–Crippen MR) is 37.2 cm³/mol. The van der Waals surface area contributed by atoms with Crippen LogP contribution in [0.25, 0.3) is 0 Å². The van der Waals surface area contributed by atoms with Crippen LogP contribution in [0.4, 0.5) is 0 Å². The molecule has 0 unspecified atom stereocenters. The van der Waals surface area contributed by atoms with Gasteiger partial charge in [-0.25, -0.2) is 0 Å². The zero-order valence-electron chi connectivity index (χ0n) is 6.01. The molecule has 0 bridgehead atoms. The third kappa shape index (κ3) is 4.88. The van der Waals surface area contributed by atoms with Crippen molar-refractivity contribution in [3.05, 3.63) is 0 Å². The monoisotopic (exact) mass is 204 g/mol. The van der Waals surface area contributed by atoms with Gasteiger partial charge in [0.2, 0.25) is 0 Å². The first kappa shape index (κ1) is 11.5. The van der Waals surface area contributed by atoms with Gasteiger partial charge in [0.15, 0.2) is 0 Å². The van der Waals surface area contributed by atoms with Crippen LogP contribution in [-0.4, -0.2) is 6.71 Å². The Hall–Kier alpha value is 0.727. The summed E-state index contributed by atoms with van der Waals surface area (Å²) in [5, 5.41) is 0. The molecule has 0 heterocycles. The standard InChI is InChI=1S/C6H15B.Pd/c1-4-7(5-2)6-3;/h4-6H2,1-3H3;. The molecule has 0 aliphatic rings. The minimum Gasteiger partial charge on any atom is -0.0770 e. The van der Waals surface area contributed by atoms with Gasteiger partial charge in [0, 0.05) is 20.4 Å². The van der Waals surface area contributed by atoms with Gasteiger partial charge in [-0.1, -0.05) is 39.7 Å². The van der Waals surface area contributed by atoms with Gasteiger partial charge in [0.05, 0.1) is 0 Å². The van der Waals surface area contributed by atoms with Crippen LogP contribution in [0.2, 0.25) is 19.0 Å². The van der Waals surface area contributed by atoms with Crippen molar-refractivity contribution in [3.63, 3.8) is 0 Å². The van der Waals surface area contributed by atoms with Crippen molar-refractivity contribution >= 4 is 6.71 Å². The maximum atomic E-state index is 2.26. The Morgan fingerprint density at radius 1 is 0.875 bits per heavy atom. The van der Waals surface area contributed by atoms with Gasteiger partial charge in [-0.2, -0.15) is 0 Å². The van der Waals surface area contributed by atoms with Crippen molar-refractivity contribution in [3.8, 4) is 0 Å². The first-order valence-corrected chi connectivity index (χ1v) is 3.35. The Balaban J connectivity index is 0. The van der Waals surface area contributed by atoms with E-state index in [0.29, 0.717) is 0 Å². The topological polar surface area (TPSA) is 0 Å². The Morgan fingerprint density at radius 3 is 1.12 bits per heavy atom. The average molecular weight is 204 g/mol. The summed E-state index contributed by atoms with van der Waals surface area (Å²) in [4.78, 5) is 0. The van der Waals surface area contributed by atoms with Gasteiger partial charge in [-0.3, -0.25) is 0 Å². The Bertz CT molecular complexity index is 30.0. The molecule has 0 N–H and O–H groups in total. The molecule has 0 rings (SSSR count). The first-order valence-electron chi connectivity index (χ1n) is 3.35. The van der Waals surface area contributed by atoms with Crippen LogP contribution in [0.5, 0.6) is 0 Å². The van der Waals surface area contributed by atoms with Crippen LogP contribution in [0.1, 0.15) is 20.8 Å². The third-order valence-electron chi connectivity index (χ3n) is 1.73. The molecule has 0 saturated heterocycles. The molecule has 0 aliphatic carbocycles. The van der Waals surface area contributed by atoms with Gasteiger partial charge in [-0.05, 0) is 0 Å². The van der Waals surface area contributed by atoms with Crippen molar-refractivity contribution in [1.82, 2.24) is 0 Å². The number of hydrogen-bond donors (Lipinski definition) is 0. The van der Waals surface area contributed by atoms with Crippen molar-refractivity contribution < 1.29 is 20.4 Å². The van der Waals surface area contributed by atoms with Crippen LogP contribution in [0.3, 0.4) is 0 Å². The molecule has 0 nitrogen and oxygen atoms in total. The van der Waals surface area contributed by atoms with Crippen LogP contribution in [0.15, 0.2) is 0 Å². The molecule has 0 atom stereocenters. The molecule has 0 aromatic heterocycles. The molecule has 2 heteroatoms. The second kappa shape index (κ2) is 7.73. The largest absolute Gasteiger partial charge is 0.139 e. The summed E-state index contributed by atoms with van der Waals surface area (Å²) in [7, 11) is 0. The third-order valence-corrected chi connectivity index (χ3v) is 1.73. The zero-order valence-corrected chi connectivity index (χ0v) is 7.57. The normalized spacial score (nSPS) is 7.88. The summed E-state index contributed by atoms with van der Waals surface area (Å²) >= 11 is 0. The molecule has 0 spiro atoms. The van der Waals surface area contributed by atoms with Crippen molar-refractivity contribution in [1.29, 1.82) is 0 Å². The summed E-state index contributed by atoms with van der Waals surface area (Å²) in [6.45, 7) is 7.77. The summed E-state index contributed by atoms with van der Waals surface area (Å²) in [6.07, 6.45) is 4.06. The average Bonchev–Trinajstić information content (AvgIpc) is 1.72. The van der Waals surface area contributed by atoms with Crippen LogP contribution >= 0.6 is 0 Å². The molecule has 52 valence electrons. The molecule has 0 aromatic rings. The van der Waals surface area contributed by atoms with Gasteiger partial charge >= 0.3 is 0 Å². The molecule has 0 amide bonds. The Kier molecular flexibility index (Phi) is 11.1. The zero-order chi connectivity index (χ0) is 5.70. The number of hydrogen-bond acceptors (Lipinski definition) is 0. The van der Waals surface area contributed by atoms with E-state index < -0.39 is 0 Å². The molecule has 0 aromatic carbocycles. The fourth-order valence-corrected chi connectivity index (χ4v) is 0.866. The van der Waals surface area contributed by atoms with E-state index in [0.717, 1.165) is 6.71 Å². The summed E-state index contributed by atoms with van der Waals surface area (Å²) < 4.78 is 0. The summed E-state index contributed by atoms with van der Waals surface area (Å²) in [5.74, 6) is 0. The van der Waals surface area contributed by atoms with E-state index in [-0.39, 0.29) is 20.4 Å². The van der Waals surface area contributed by atoms with E-state index in [1.807, 2.05) is 0 Å². The van der Waals surface area contributed by atoms with Crippen LogP contribution < -0.4 is 0 Å². The minimum atomic E-state index is 0. The van der Waals surface area contributed by atoms with Crippen molar-refractivity contribution in [2.45, 2.75) is 39.7 Å². The fourth-order valence-electron chi connectivity index (χ4n) is 0.866. The van der Waals surface area contributed by atoms with E-state index in [2.05, 4.69) is 20.8 Å². The second-order valence-electron chi connectivity index (χ2n) is 2.09. The predicted octanol–water partition coefficient (Wildman–Crippen LogP) is 2.54. The maximum absolute atomic E-state index is 2.26. The summed E-state index contributed by atoms with van der Waals surface area (Å²) in [6, 6.07) is 0. The fraction of sp³-hybridized carbons (Fsp3) is 1.00. The molecule has 0 aliphatic heterocycles. The SMILES string of the molecule is CCB(CC)CC.[Pd]. The molecular formula is C6H15BPd. The molecule has 0 fully saturated rings. The van der Waals surface area contributed by atoms with E-state index in [1.54, 1.807) is 0 Å². The van der Waals surface area contributed by atoms with Gasteiger partial charge in [-0.15, -0.1) is 0 Å². The molecule has 0 saturated carbocycles. The van der Waals surface area contributed by atoms with E-state index >= 15 is 0 Å². The van der Waals surface area contributed by atoms with Crippen LogP contribution in [0, 0.1) is 0 Å². The molecular weight excluding hydrogens is 189 g/mol. The maximum Gasteiger partial charge on any atom is 0.139 e. The van der Waals surface area contributed by atoms with Crippen LogP contribution in [-0.2, 0) is 20.4 Å². The smallest absolute Gasteiger partial charge is 0.0770 e. The van der Waals surface area contributed by atoms with Gasteiger partial charge in [0.1, 0.15) is 6.71 Å². The second-order valence-corrected chi connectivity index (χ2v) is 2.09. The van der Waals surface area contributed by atoms with E-state index in [1.165, 1.54) is 19.0 Å². The number of rotatable bonds is 3. The molecule has 8 heavy (non-hydrogen) atoms. The Morgan fingerprint density at radius 2 is 1.12 bits per heavy atom. The van der Waals surface area contributed by atoms with Gasteiger partial charge < -0.3 is 0 Å². The van der Waals surface area contributed by atoms with Gasteiger partial charge in [0.25, 0.3) is 0 Å². The van der Waals surface area contributed by atoms with E-state index in [4.69, 9.17) is 0 Å². The quantitative estimate of drug-likeness (QED) is 0.620. The minimum absolute atomic E-state index is 0. The van der Waals surface area contributed by atoms with E-state index in [9.17, 15) is 0 Å². The van der Waals surface area contributed by atoms with Crippen molar-refractivity contribution in [2.75, 3.05) is 0 Å². The summed E-state index contributed by atoms with van der Waals surface area (Å²) in [5.41, 5.74) is 0.